The third kappa shape index (κ3) is 3.79. The van der Waals surface area contributed by atoms with Crippen LogP contribution in [0.3, 0.4) is 0 Å². The Balaban J connectivity index is 0.00000208. The van der Waals surface area contributed by atoms with Crippen LogP contribution in [0.5, 0.6) is 11.5 Å². The number of rotatable bonds is 5. The molecule has 2 fully saturated rings. The van der Waals surface area contributed by atoms with E-state index in [0.717, 1.165) is 25.7 Å². The number of ether oxygens (including phenoxy) is 2. The quantitative estimate of drug-likeness (QED) is 0.821. The van der Waals surface area contributed by atoms with Gasteiger partial charge in [0.2, 0.25) is 10.0 Å². The van der Waals surface area contributed by atoms with E-state index in [0.29, 0.717) is 29.1 Å². The number of hydrogen-bond acceptors (Lipinski definition) is 5. The molecular formula is C16H25ClN2O4S. The Hall–Kier alpha value is -1.02. The van der Waals surface area contributed by atoms with E-state index in [2.05, 4.69) is 10.0 Å². The highest BCUT2D eigenvalue weighted by molar-refractivity contribution is 7.89. The van der Waals surface area contributed by atoms with E-state index < -0.39 is 10.0 Å². The first-order valence-corrected chi connectivity index (χ1v) is 9.42. The van der Waals surface area contributed by atoms with Gasteiger partial charge >= 0.3 is 0 Å². The first-order chi connectivity index (χ1) is 10.9. The molecule has 2 atom stereocenters. The van der Waals surface area contributed by atoms with Crippen molar-refractivity contribution in [1.29, 1.82) is 0 Å². The molecule has 0 radical (unpaired) electrons. The predicted molar refractivity (Wildman–Crippen MR) is 94.8 cm³/mol. The number of nitrogens with one attached hydrogen (secondary N) is 2. The van der Waals surface area contributed by atoms with Crippen LogP contribution >= 0.6 is 12.4 Å². The molecule has 2 bridgehead atoms. The molecule has 2 unspecified atom stereocenters. The van der Waals surface area contributed by atoms with Crippen LogP contribution in [0.2, 0.25) is 0 Å². The zero-order chi connectivity index (χ0) is 16.6. The first kappa shape index (κ1) is 19.3. The molecule has 3 rings (SSSR count). The van der Waals surface area contributed by atoms with Crippen LogP contribution in [0.25, 0.3) is 0 Å². The van der Waals surface area contributed by atoms with Gasteiger partial charge < -0.3 is 14.8 Å². The Morgan fingerprint density at radius 3 is 2.17 bits per heavy atom. The summed E-state index contributed by atoms with van der Waals surface area (Å²) in [4.78, 5) is 0.251. The van der Waals surface area contributed by atoms with Crippen molar-refractivity contribution in [3.8, 4) is 11.5 Å². The maximum Gasteiger partial charge on any atom is 0.241 e. The lowest BCUT2D eigenvalue weighted by Crippen LogP contribution is -2.48. The maximum absolute atomic E-state index is 12.8. The van der Waals surface area contributed by atoms with Crippen molar-refractivity contribution in [3.63, 3.8) is 0 Å². The summed E-state index contributed by atoms with van der Waals surface area (Å²) >= 11 is 0. The molecule has 0 aliphatic carbocycles. The Morgan fingerprint density at radius 2 is 1.62 bits per heavy atom. The lowest BCUT2D eigenvalue weighted by Gasteiger charge is -2.29. The topological polar surface area (TPSA) is 76.7 Å². The van der Waals surface area contributed by atoms with Gasteiger partial charge in [0.25, 0.3) is 0 Å². The number of benzene rings is 1. The monoisotopic (exact) mass is 376 g/mol. The van der Waals surface area contributed by atoms with E-state index in [-0.39, 0.29) is 23.3 Å². The van der Waals surface area contributed by atoms with Crippen LogP contribution in [-0.2, 0) is 10.0 Å². The molecule has 136 valence electrons. The van der Waals surface area contributed by atoms with E-state index in [1.165, 1.54) is 20.3 Å². The second-order valence-electron chi connectivity index (χ2n) is 6.40. The minimum Gasteiger partial charge on any atom is -0.493 e. The Labute approximate surface area is 149 Å². The molecule has 1 aromatic carbocycles. The summed E-state index contributed by atoms with van der Waals surface area (Å²) < 4.78 is 38.9. The van der Waals surface area contributed by atoms with Gasteiger partial charge in [-0.1, -0.05) is 0 Å². The highest BCUT2D eigenvalue weighted by atomic mass is 35.5. The first-order valence-electron chi connectivity index (χ1n) is 7.94. The van der Waals surface area contributed by atoms with E-state index in [4.69, 9.17) is 9.47 Å². The minimum atomic E-state index is -3.58. The van der Waals surface area contributed by atoms with Gasteiger partial charge in [-0.05, 0) is 44.2 Å². The number of halogens is 1. The third-order valence-corrected chi connectivity index (χ3v) is 6.43. The minimum absolute atomic E-state index is 0. The number of sulfonamides is 1. The van der Waals surface area contributed by atoms with Gasteiger partial charge in [0.15, 0.2) is 11.5 Å². The average Bonchev–Trinajstić information content (AvgIpc) is 2.85. The maximum atomic E-state index is 12.8. The molecule has 0 aromatic heterocycles. The summed E-state index contributed by atoms with van der Waals surface area (Å²) in [5.74, 6) is 0.952. The highest BCUT2D eigenvalue weighted by Gasteiger charge is 2.35. The summed E-state index contributed by atoms with van der Waals surface area (Å²) in [6, 6.07) is 4.10. The number of methoxy groups -OCH3 is 2. The fourth-order valence-electron chi connectivity index (χ4n) is 3.69. The van der Waals surface area contributed by atoms with Gasteiger partial charge in [-0.3, -0.25) is 0 Å². The molecule has 2 heterocycles. The van der Waals surface area contributed by atoms with Gasteiger partial charge in [-0.25, -0.2) is 13.1 Å². The molecule has 24 heavy (non-hydrogen) atoms. The van der Waals surface area contributed by atoms with Crippen molar-refractivity contribution in [1.82, 2.24) is 10.0 Å². The third-order valence-electron chi connectivity index (χ3n) is 4.77. The SMILES string of the molecule is COc1cc(C)c(S(=O)(=O)NC2CC3CCC(C2)N3)cc1OC.Cl. The van der Waals surface area contributed by atoms with Crippen LogP contribution in [0.15, 0.2) is 17.0 Å². The van der Waals surface area contributed by atoms with Crippen LogP contribution in [0.1, 0.15) is 31.2 Å². The Morgan fingerprint density at radius 1 is 1.08 bits per heavy atom. The fraction of sp³-hybridized carbons (Fsp3) is 0.625. The predicted octanol–water partition coefficient (Wildman–Crippen LogP) is 2.00. The van der Waals surface area contributed by atoms with Crippen LogP contribution < -0.4 is 19.5 Å². The molecule has 0 amide bonds. The average molecular weight is 377 g/mol. The molecule has 2 saturated heterocycles. The zero-order valence-electron chi connectivity index (χ0n) is 14.2. The van der Waals surface area contributed by atoms with Gasteiger partial charge in [0, 0.05) is 24.2 Å². The molecular weight excluding hydrogens is 352 g/mol. The summed E-state index contributed by atoms with van der Waals surface area (Å²) in [5.41, 5.74) is 0.645. The lowest BCUT2D eigenvalue weighted by atomic mass is 10.0. The van der Waals surface area contributed by atoms with Crippen molar-refractivity contribution in [2.75, 3.05) is 14.2 Å². The van der Waals surface area contributed by atoms with E-state index >= 15 is 0 Å². The van der Waals surface area contributed by atoms with E-state index in [1.54, 1.807) is 13.0 Å². The van der Waals surface area contributed by atoms with Crippen LogP contribution in [0.4, 0.5) is 0 Å². The van der Waals surface area contributed by atoms with E-state index in [1.807, 2.05) is 0 Å². The van der Waals surface area contributed by atoms with Gasteiger partial charge in [0.1, 0.15) is 0 Å². The summed E-state index contributed by atoms with van der Waals surface area (Å²) in [7, 11) is -0.543. The molecule has 2 aliphatic heterocycles. The highest BCUT2D eigenvalue weighted by Crippen LogP contribution is 2.33. The van der Waals surface area contributed by atoms with Crippen LogP contribution in [-0.4, -0.2) is 40.8 Å². The number of piperidine rings is 1. The molecule has 8 heteroatoms. The summed E-state index contributed by atoms with van der Waals surface area (Å²) in [6.45, 7) is 1.77. The zero-order valence-corrected chi connectivity index (χ0v) is 15.8. The fourth-order valence-corrected chi connectivity index (χ4v) is 5.19. The van der Waals surface area contributed by atoms with Gasteiger partial charge in [-0.15, -0.1) is 12.4 Å². The van der Waals surface area contributed by atoms with Crippen molar-refractivity contribution >= 4 is 22.4 Å². The van der Waals surface area contributed by atoms with Crippen molar-refractivity contribution in [2.24, 2.45) is 0 Å². The molecule has 1 aromatic rings. The number of aryl methyl sites for hydroxylation is 1. The summed E-state index contributed by atoms with van der Waals surface area (Å²) in [6.07, 6.45) is 3.97. The Kier molecular flexibility index (Phi) is 6.01. The van der Waals surface area contributed by atoms with Crippen molar-refractivity contribution in [2.45, 2.75) is 55.6 Å². The number of fused-ring (bicyclic) bond motifs is 2. The summed E-state index contributed by atoms with van der Waals surface area (Å²) in [5, 5.41) is 3.52. The van der Waals surface area contributed by atoms with E-state index in [9.17, 15) is 8.42 Å². The largest absolute Gasteiger partial charge is 0.493 e. The Bertz CT molecular complexity index is 684. The normalized spacial score (nSPS) is 25.9. The molecule has 0 saturated carbocycles. The molecule has 0 spiro atoms. The number of hydrogen-bond donors (Lipinski definition) is 2. The van der Waals surface area contributed by atoms with Crippen LogP contribution in [0, 0.1) is 6.92 Å². The second kappa shape index (κ2) is 7.47. The standard InChI is InChI=1S/C16H24N2O4S.ClH/c1-10-6-14(21-2)15(22-3)9-16(10)23(19,20)18-13-7-11-4-5-12(8-13)17-11;/h6,9,11-13,17-18H,4-5,7-8H2,1-3H3;1H. The van der Waals surface area contributed by atoms with Crippen molar-refractivity contribution < 1.29 is 17.9 Å². The lowest BCUT2D eigenvalue weighted by molar-refractivity contribution is 0.344. The van der Waals surface area contributed by atoms with Crippen molar-refractivity contribution in [3.05, 3.63) is 17.7 Å². The second-order valence-corrected chi connectivity index (χ2v) is 8.08. The molecule has 6 nitrogen and oxygen atoms in total. The molecule has 2 N–H and O–H groups in total. The molecule has 2 aliphatic rings. The van der Waals surface area contributed by atoms with Gasteiger partial charge in [-0.2, -0.15) is 0 Å². The smallest absolute Gasteiger partial charge is 0.241 e. The van der Waals surface area contributed by atoms with Gasteiger partial charge in [0.05, 0.1) is 19.1 Å².